The molecule has 2 aromatic rings. The first-order valence-electron chi connectivity index (χ1n) is 7.47. The number of anilines is 1. The lowest BCUT2D eigenvalue weighted by Crippen LogP contribution is -2.46. The van der Waals surface area contributed by atoms with E-state index in [1.807, 2.05) is 30.5 Å². The molecule has 116 valence electrons. The fourth-order valence-electron chi connectivity index (χ4n) is 2.79. The van der Waals surface area contributed by atoms with Gasteiger partial charge in [-0.25, -0.2) is 4.98 Å². The largest absolute Gasteiger partial charge is 0.496 e. The molecule has 0 N–H and O–H groups in total. The van der Waals surface area contributed by atoms with Crippen molar-refractivity contribution in [3.05, 3.63) is 52.6 Å². The molecule has 0 atom stereocenters. The van der Waals surface area contributed by atoms with Gasteiger partial charge in [-0.2, -0.15) is 0 Å². The number of hydrogen-bond acceptors (Lipinski definition) is 4. The van der Waals surface area contributed by atoms with Crippen molar-refractivity contribution in [2.75, 3.05) is 38.2 Å². The van der Waals surface area contributed by atoms with Crippen LogP contribution in [0.15, 0.2) is 47.1 Å². The summed E-state index contributed by atoms with van der Waals surface area (Å²) in [5.41, 5.74) is 1.23. The van der Waals surface area contributed by atoms with Crippen LogP contribution in [-0.2, 0) is 6.54 Å². The quantitative estimate of drug-likeness (QED) is 0.836. The molecule has 1 aromatic carbocycles. The third kappa shape index (κ3) is 3.59. The van der Waals surface area contributed by atoms with E-state index in [1.165, 1.54) is 5.56 Å². The number of pyridine rings is 1. The molecule has 22 heavy (non-hydrogen) atoms. The van der Waals surface area contributed by atoms with Crippen molar-refractivity contribution in [1.82, 2.24) is 9.88 Å². The van der Waals surface area contributed by atoms with E-state index < -0.39 is 0 Å². The minimum atomic E-state index is 0.915. The molecule has 5 heteroatoms. The summed E-state index contributed by atoms with van der Waals surface area (Å²) in [5, 5.41) is 0. The Hall–Kier alpha value is -1.59. The van der Waals surface area contributed by atoms with Crippen LogP contribution in [0, 0.1) is 0 Å². The van der Waals surface area contributed by atoms with Crippen LogP contribution in [0.4, 0.5) is 5.82 Å². The number of benzene rings is 1. The second-order valence-corrected chi connectivity index (χ2v) is 6.32. The fourth-order valence-corrected chi connectivity index (χ4v) is 3.20. The summed E-state index contributed by atoms with van der Waals surface area (Å²) in [6, 6.07) is 12.3. The maximum Gasteiger partial charge on any atom is 0.128 e. The summed E-state index contributed by atoms with van der Waals surface area (Å²) in [6.45, 7) is 5.00. The van der Waals surface area contributed by atoms with Gasteiger partial charge in [-0.15, -0.1) is 0 Å². The molecule has 0 unspecified atom stereocenters. The van der Waals surface area contributed by atoms with Crippen molar-refractivity contribution in [2.45, 2.75) is 6.54 Å². The highest BCUT2D eigenvalue weighted by molar-refractivity contribution is 9.10. The molecule has 1 aromatic heterocycles. The molecule has 1 fully saturated rings. The Morgan fingerprint density at radius 2 is 1.95 bits per heavy atom. The maximum atomic E-state index is 5.46. The monoisotopic (exact) mass is 361 g/mol. The van der Waals surface area contributed by atoms with Crippen molar-refractivity contribution in [3.8, 4) is 5.75 Å². The highest BCUT2D eigenvalue weighted by atomic mass is 79.9. The zero-order chi connectivity index (χ0) is 15.4. The number of rotatable bonds is 4. The summed E-state index contributed by atoms with van der Waals surface area (Å²) < 4.78 is 6.56. The molecular formula is C17H20BrN3O. The van der Waals surface area contributed by atoms with Crippen LogP contribution < -0.4 is 9.64 Å². The third-order valence-electron chi connectivity index (χ3n) is 3.98. The molecule has 0 bridgehead atoms. The van der Waals surface area contributed by atoms with Gasteiger partial charge in [0.2, 0.25) is 0 Å². The summed E-state index contributed by atoms with van der Waals surface area (Å²) in [7, 11) is 1.73. The number of nitrogens with zero attached hydrogens (tertiary/aromatic N) is 3. The van der Waals surface area contributed by atoms with Gasteiger partial charge in [0.15, 0.2) is 0 Å². The second-order valence-electron chi connectivity index (χ2n) is 5.41. The Kier molecular flexibility index (Phi) is 4.95. The smallest absolute Gasteiger partial charge is 0.128 e. The topological polar surface area (TPSA) is 28.6 Å². The van der Waals surface area contributed by atoms with E-state index in [0.29, 0.717) is 0 Å². The molecule has 1 aliphatic heterocycles. The van der Waals surface area contributed by atoms with Crippen LogP contribution in [0.3, 0.4) is 0 Å². The van der Waals surface area contributed by atoms with Gasteiger partial charge in [-0.1, -0.05) is 22.0 Å². The lowest BCUT2D eigenvalue weighted by molar-refractivity contribution is 0.245. The van der Waals surface area contributed by atoms with Gasteiger partial charge in [0.05, 0.1) is 7.11 Å². The van der Waals surface area contributed by atoms with Crippen molar-refractivity contribution >= 4 is 21.7 Å². The highest BCUT2D eigenvalue weighted by Crippen LogP contribution is 2.25. The van der Waals surface area contributed by atoms with Gasteiger partial charge in [0.25, 0.3) is 0 Å². The van der Waals surface area contributed by atoms with Crippen LogP contribution in [0.25, 0.3) is 0 Å². The van der Waals surface area contributed by atoms with Gasteiger partial charge < -0.3 is 9.64 Å². The van der Waals surface area contributed by atoms with Gasteiger partial charge in [-0.3, -0.25) is 4.90 Å². The standard InChI is InChI=1S/C17H20BrN3O/c1-22-16-6-5-15(18)12-14(16)13-20-8-10-21(11-9-20)17-4-2-3-7-19-17/h2-7,12H,8-11,13H2,1H3. The zero-order valence-electron chi connectivity index (χ0n) is 12.7. The van der Waals surface area contributed by atoms with Crippen molar-refractivity contribution in [1.29, 1.82) is 0 Å². The molecule has 4 nitrogen and oxygen atoms in total. The minimum absolute atomic E-state index is 0.915. The lowest BCUT2D eigenvalue weighted by atomic mass is 10.1. The molecular weight excluding hydrogens is 342 g/mol. The molecule has 0 saturated carbocycles. The first-order valence-corrected chi connectivity index (χ1v) is 8.26. The van der Waals surface area contributed by atoms with Gasteiger partial charge in [0, 0.05) is 49.0 Å². The van der Waals surface area contributed by atoms with E-state index in [-0.39, 0.29) is 0 Å². The van der Waals surface area contributed by atoms with E-state index in [4.69, 9.17) is 4.74 Å². The molecule has 2 heterocycles. The third-order valence-corrected chi connectivity index (χ3v) is 4.48. The predicted octanol–water partition coefficient (Wildman–Crippen LogP) is 3.17. The average molecular weight is 362 g/mol. The molecule has 0 aliphatic carbocycles. The molecule has 1 aliphatic rings. The molecule has 1 saturated heterocycles. The summed E-state index contributed by atoms with van der Waals surface area (Å²) >= 11 is 3.54. The number of halogens is 1. The van der Waals surface area contributed by atoms with E-state index in [2.05, 4.69) is 42.8 Å². The van der Waals surface area contributed by atoms with E-state index in [9.17, 15) is 0 Å². The lowest BCUT2D eigenvalue weighted by Gasteiger charge is -2.35. The van der Waals surface area contributed by atoms with Crippen LogP contribution in [-0.4, -0.2) is 43.2 Å². The van der Waals surface area contributed by atoms with Gasteiger partial charge in [0.1, 0.15) is 11.6 Å². The highest BCUT2D eigenvalue weighted by Gasteiger charge is 2.19. The van der Waals surface area contributed by atoms with Gasteiger partial charge in [-0.05, 0) is 30.3 Å². The first-order chi connectivity index (χ1) is 10.8. The first kappa shape index (κ1) is 15.3. The van der Waals surface area contributed by atoms with E-state index in [0.717, 1.165) is 48.8 Å². The SMILES string of the molecule is COc1ccc(Br)cc1CN1CCN(c2ccccn2)CC1. The Balaban J connectivity index is 1.62. The molecule has 0 amide bonds. The van der Waals surface area contributed by atoms with Crippen molar-refractivity contribution in [3.63, 3.8) is 0 Å². The fraction of sp³-hybridized carbons (Fsp3) is 0.353. The van der Waals surface area contributed by atoms with Crippen LogP contribution >= 0.6 is 15.9 Å². The number of piperazine rings is 1. The normalized spacial score (nSPS) is 15.8. The Morgan fingerprint density at radius 1 is 1.14 bits per heavy atom. The van der Waals surface area contributed by atoms with Gasteiger partial charge >= 0.3 is 0 Å². The van der Waals surface area contributed by atoms with Crippen molar-refractivity contribution < 1.29 is 4.74 Å². The Labute approximate surface area is 139 Å². The van der Waals surface area contributed by atoms with Crippen LogP contribution in [0.1, 0.15) is 5.56 Å². The Bertz CT molecular complexity index is 613. The predicted molar refractivity (Wildman–Crippen MR) is 92.4 cm³/mol. The number of methoxy groups -OCH3 is 1. The summed E-state index contributed by atoms with van der Waals surface area (Å²) in [4.78, 5) is 9.24. The molecule has 0 spiro atoms. The van der Waals surface area contributed by atoms with E-state index in [1.54, 1.807) is 7.11 Å². The van der Waals surface area contributed by atoms with Crippen molar-refractivity contribution in [2.24, 2.45) is 0 Å². The maximum absolute atomic E-state index is 5.46. The summed E-state index contributed by atoms with van der Waals surface area (Å²) in [5.74, 6) is 2.03. The second kappa shape index (κ2) is 7.11. The van der Waals surface area contributed by atoms with Crippen LogP contribution in [0.5, 0.6) is 5.75 Å². The number of aromatic nitrogens is 1. The van der Waals surface area contributed by atoms with Crippen LogP contribution in [0.2, 0.25) is 0 Å². The van der Waals surface area contributed by atoms with E-state index >= 15 is 0 Å². The minimum Gasteiger partial charge on any atom is -0.496 e. The molecule has 3 rings (SSSR count). The molecule has 0 radical (unpaired) electrons. The summed E-state index contributed by atoms with van der Waals surface area (Å²) in [6.07, 6.45) is 1.86. The Morgan fingerprint density at radius 3 is 2.64 bits per heavy atom. The average Bonchev–Trinajstić information content (AvgIpc) is 2.57. The number of ether oxygens (including phenoxy) is 1. The number of hydrogen-bond donors (Lipinski definition) is 0. The zero-order valence-corrected chi connectivity index (χ0v) is 14.3.